The van der Waals surface area contributed by atoms with Crippen molar-refractivity contribution in [1.29, 1.82) is 0 Å². The SMILES string of the molecule is CCOC(=O)c1cc(-c2ccc(F)cc2F)c2c(n1)OC(C(C)OC(F)F)CC2. The third kappa shape index (κ3) is 4.67. The Morgan fingerprint density at radius 1 is 1.28 bits per heavy atom. The van der Waals surface area contributed by atoms with Gasteiger partial charge >= 0.3 is 12.6 Å². The van der Waals surface area contributed by atoms with Crippen molar-refractivity contribution >= 4 is 5.97 Å². The fraction of sp³-hybridized carbons (Fsp3) is 0.400. The first kappa shape index (κ1) is 21.0. The Hall–Kier alpha value is -2.68. The minimum absolute atomic E-state index is 0.00949. The lowest BCUT2D eigenvalue weighted by Crippen LogP contribution is -2.36. The molecule has 5 nitrogen and oxygen atoms in total. The molecule has 2 heterocycles. The lowest BCUT2D eigenvalue weighted by molar-refractivity contribution is -0.180. The molecule has 0 amide bonds. The van der Waals surface area contributed by atoms with E-state index < -0.39 is 36.4 Å². The monoisotopic (exact) mass is 413 g/mol. The minimum atomic E-state index is -2.96. The van der Waals surface area contributed by atoms with Gasteiger partial charge in [0.05, 0.1) is 12.7 Å². The Balaban J connectivity index is 2.05. The van der Waals surface area contributed by atoms with Gasteiger partial charge in [-0.15, -0.1) is 0 Å². The summed E-state index contributed by atoms with van der Waals surface area (Å²) in [6.07, 6.45) is -1.02. The van der Waals surface area contributed by atoms with E-state index in [0.29, 0.717) is 24.0 Å². The van der Waals surface area contributed by atoms with E-state index in [1.165, 1.54) is 19.1 Å². The van der Waals surface area contributed by atoms with Crippen LogP contribution >= 0.6 is 0 Å². The van der Waals surface area contributed by atoms with Crippen LogP contribution in [0.4, 0.5) is 17.6 Å². The zero-order valence-electron chi connectivity index (χ0n) is 15.8. The normalized spacial score (nSPS) is 16.9. The molecule has 0 radical (unpaired) electrons. The van der Waals surface area contributed by atoms with Crippen LogP contribution in [0.2, 0.25) is 0 Å². The molecule has 2 aromatic rings. The Bertz CT molecular complexity index is 906. The standard InChI is InChI=1S/C20H19F4NO4/c1-3-27-19(26)16-9-14(12-5-4-11(21)8-15(12)22)13-6-7-17(29-18(13)25-16)10(2)28-20(23)24/h4-5,8-10,17,20H,3,6-7H2,1-2H3. The second-order valence-electron chi connectivity index (χ2n) is 6.48. The molecule has 9 heteroatoms. The number of hydrogen-bond donors (Lipinski definition) is 0. The molecule has 1 aromatic heterocycles. The number of carbonyl (C=O) groups excluding carboxylic acids is 1. The molecule has 2 atom stereocenters. The second-order valence-corrected chi connectivity index (χ2v) is 6.48. The maximum atomic E-state index is 14.4. The molecule has 0 saturated carbocycles. The number of benzene rings is 1. The van der Waals surface area contributed by atoms with Gasteiger partial charge in [-0.1, -0.05) is 0 Å². The number of ether oxygens (including phenoxy) is 3. The van der Waals surface area contributed by atoms with Gasteiger partial charge in [-0.25, -0.2) is 18.6 Å². The van der Waals surface area contributed by atoms with E-state index in [-0.39, 0.29) is 23.7 Å². The highest BCUT2D eigenvalue weighted by molar-refractivity contribution is 5.90. The van der Waals surface area contributed by atoms with Crippen LogP contribution in [0.1, 0.15) is 36.3 Å². The average Bonchev–Trinajstić information content (AvgIpc) is 2.66. The van der Waals surface area contributed by atoms with Crippen molar-refractivity contribution in [3.8, 4) is 17.0 Å². The lowest BCUT2D eigenvalue weighted by Gasteiger charge is -2.30. The van der Waals surface area contributed by atoms with Crippen LogP contribution in [-0.4, -0.2) is 36.4 Å². The van der Waals surface area contributed by atoms with Gasteiger partial charge in [0.1, 0.15) is 17.7 Å². The van der Waals surface area contributed by atoms with E-state index in [0.717, 1.165) is 12.1 Å². The number of esters is 1. The summed E-state index contributed by atoms with van der Waals surface area (Å²) in [7, 11) is 0. The minimum Gasteiger partial charge on any atom is -0.471 e. The average molecular weight is 413 g/mol. The van der Waals surface area contributed by atoms with E-state index >= 15 is 0 Å². The summed E-state index contributed by atoms with van der Waals surface area (Å²) < 4.78 is 68.0. The summed E-state index contributed by atoms with van der Waals surface area (Å²) in [4.78, 5) is 16.3. The van der Waals surface area contributed by atoms with Gasteiger partial charge in [-0.05, 0) is 50.5 Å². The van der Waals surface area contributed by atoms with E-state index in [4.69, 9.17) is 9.47 Å². The first-order valence-corrected chi connectivity index (χ1v) is 9.06. The number of hydrogen-bond acceptors (Lipinski definition) is 5. The molecule has 0 bridgehead atoms. The molecule has 0 aliphatic carbocycles. The van der Waals surface area contributed by atoms with Crippen LogP contribution in [0.5, 0.6) is 5.88 Å². The number of fused-ring (bicyclic) bond motifs is 1. The molecule has 0 spiro atoms. The highest BCUT2D eigenvalue weighted by Gasteiger charge is 2.31. The largest absolute Gasteiger partial charge is 0.471 e. The molecule has 0 N–H and O–H groups in total. The van der Waals surface area contributed by atoms with Crippen LogP contribution in [-0.2, 0) is 15.9 Å². The zero-order valence-corrected chi connectivity index (χ0v) is 15.8. The number of halogens is 4. The third-order valence-corrected chi connectivity index (χ3v) is 4.58. The first-order valence-electron chi connectivity index (χ1n) is 9.06. The van der Waals surface area contributed by atoms with Crippen molar-refractivity contribution < 1.29 is 36.6 Å². The molecular formula is C20H19F4NO4. The number of rotatable bonds is 6. The summed E-state index contributed by atoms with van der Waals surface area (Å²) in [6, 6.07) is 4.44. The molecule has 1 aromatic carbocycles. The molecule has 2 unspecified atom stereocenters. The summed E-state index contributed by atoms with van der Waals surface area (Å²) in [6.45, 7) is 0.197. The molecular weight excluding hydrogens is 394 g/mol. The fourth-order valence-electron chi connectivity index (χ4n) is 3.21. The Kier molecular flexibility index (Phi) is 6.36. The maximum Gasteiger partial charge on any atom is 0.357 e. The van der Waals surface area contributed by atoms with Crippen LogP contribution in [0.25, 0.3) is 11.1 Å². The molecule has 3 rings (SSSR count). The Morgan fingerprint density at radius 2 is 2.03 bits per heavy atom. The molecule has 0 saturated heterocycles. The fourth-order valence-corrected chi connectivity index (χ4v) is 3.21. The molecule has 1 aliphatic rings. The van der Waals surface area contributed by atoms with Gasteiger partial charge in [0, 0.05) is 17.2 Å². The van der Waals surface area contributed by atoms with Crippen molar-refractivity contribution in [1.82, 2.24) is 4.98 Å². The van der Waals surface area contributed by atoms with Crippen LogP contribution < -0.4 is 4.74 Å². The second kappa shape index (κ2) is 8.77. The number of carbonyl (C=O) groups is 1. The molecule has 1 aliphatic heterocycles. The van der Waals surface area contributed by atoms with Crippen molar-refractivity contribution in [3.63, 3.8) is 0 Å². The van der Waals surface area contributed by atoms with Crippen molar-refractivity contribution in [2.75, 3.05) is 6.61 Å². The summed E-state index contributed by atoms with van der Waals surface area (Å²) in [5, 5.41) is 0. The van der Waals surface area contributed by atoms with Crippen LogP contribution in [0.15, 0.2) is 24.3 Å². The number of alkyl halides is 2. The van der Waals surface area contributed by atoms with Crippen molar-refractivity contribution in [2.45, 2.75) is 45.5 Å². The molecule has 156 valence electrons. The Labute approximate surface area is 164 Å². The zero-order chi connectivity index (χ0) is 21.1. The summed E-state index contributed by atoms with van der Waals surface area (Å²) >= 11 is 0. The van der Waals surface area contributed by atoms with Gasteiger partial charge < -0.3 is 14.2 Å². The van der Waals surface area contributed by atoms with Crippen LogP contribution in [0, 0.1) is 11.6 Å². The van der Waals surface area contributed by atoms with E-state index in [9.17, 15) is 22.4 Å². The summed E-state index contributed by atoms with van der Waals surface area (Å²) in [5.74, 6) is -2.30. The highest BCUT2D eigenvalue weighted by atomic mass is 19.3. The predicted octanol–water partition coefficient (Wildman–Crippen LogP) is 4.52. The Morgan fingerprint density at radius 3 is 2.69 bits per heavy atom. The van der Waals surface area contributed by atoms with E-state index in [2.05, 4.69) is 9.72 Å². The van der Waals surface area contributed by atoms with Crippen LogP contribution in [0.3, 0.4) is 0 Å². The number of pyridine rings is 1. The van der Waals surface area contributed by atoms with Crippen molar-refractivity contribution in [3.05, 3.63) is 47.2 Å². The summed E-state index contributed by atoms with van der Waals surface area (Å²) in [5.41, 5.74) is 0.724. The quantitative estimate of drug-likeness (QED) is 0.515. The third-order valence-electron chi connectivity index (χ3n) is 4.58. The first-order chi connectivity index (χ1) is 13.8. The number of nitrogens with zero attached hydrogens (tertiary/aromatic N) is 1. The topological polar surface area (TPSA) is 57.7 Å². The number of aromatic nitrogens is 1. The van der Waals surface area contributed by atoms with Gasteiger partial charge in [-0.3, -0.25) is 0 Å². The van der Waals surface area contributed by atoms with E-state index in [1.54, 1.807) is 6.92 Å². The van der Waals surface area contributed by atoms with Crippen molar-refractivity contribution in [2.24, 2.45) is 0 Å². The lowest BCUT2D eigenvalue weighted by atomic mass is 9.93. The smallest absolute Gasteiger partial charge is 0.357 e. The van der Waals surface area contributed by atoms with Gasteiger partial charge in [-0.2, -0.15) is 8.78 Å². The van der Waals surface area contributed by atoms with Gasteiger partial charge in [0.25, 0.3) is 0 Å². The molecule has 0 fully saturated rings. The maximum absolute atomic E-state index is 14.4. The van der Waals surface area contributed by atoms with Gasteiger partial charge in [0.2, 0.25) is 5.88 Å². The van der Waals surface area contributed by atoms with Gasteiger partial charge in [0.15, 0.2) is 5.69 Å². The highest BCUT2D eigenvalue weighted by Crippen LogP contribution is 2.37. The van der Waals surface area contributed by atoms with E-state index in [1.807, 2.05) is 0 Å². The molecule has 29 heavy (non-hydrogen) atoms. The predicted molar refractivity (Wildman–Crippen MR) is 94.8 cm³/mol.